The summed E-state index contributed by atoms with van der Waals surface area (Å²) in [5.74, 6) is -0.176. The number of aromatic nitrogens is 4. The molecule has 0 spiro atoms. The van der Waals surface area contributed by atoms with Crippen molar-refractivity contribution in [3.8, 4) is 6.07 Å². The molecule has 0 unspecified atom stereocenters. The van der Waals surface area contributed by atoms with E-state index in [1.807, 2.05) is 47.5 Å². The lowest BCUT2D eigenvalue weighted by Gasteiger charge is -2.21. The Balaban J connectivity index is 1.98. The van der Waals surface area contributed by atoms with Gasteiger partial charge in [-0.25, -0.2) is 0 Å². The van der Waals surface area contributed by atoms with Gasteiger partial charge in [-0.15, -0.1) is 0 Å². The molecule has 128 valence electrons. The van der Waals surface area contributed by atoms with Crippen molar-refractivity contribution in [2.45, 2.75) is 39.8 Å². The first-order valence-corrected chi connectivity index (χ1v) is 8.55. The zero-order valence-corrected chi connectivity index (χ0v) is 14.5. The van der Waals surface area contributed by atoms with Gasteiger partial charge in [-0.1, -0.05) is 0 Å². The maximum absolute atomic E-state index is 12.9. The van der Waals surface area contributed by atoms with E-state index in [1.165, 1.54) is 0 Å². The lowest BCUT2D eigenvalue weighted by atomic mass is 9.81. The number of rotatable bonds is 4. The summed E-state index contributed by atoms with van der Waals surface area (Å²) in [6.45, 7) is 5.49. The van der Waals surface area contributed by atoms with E-state index >= 15 is 0 Å². The third-order valence-corrected chi connectivity index (χ3v) is 4.44. The van der Waals surface area contributed by atoms with Crippen molar-refractivity contribution in [1.29, 1.82) is 5.26 Å². The number of nitriles is 1. The highest BCUT2D eigenvalue weighted by Crippen LogP contribution is 2.32. The average molecular weight is 335 g/mol. The first-order chi connectivity index (χ1) is 12.2. The molecule has 0 aromatic carbocycles. The molecule has 0 amide bonds. The van der Waals surface area contributed by atoms with E-state index in [0.29, 0.717) is 24.0 Å². The third kappa shape index (κ3) is 3.45. The fourth-order valence-electron chi connectivity index (χ4n) is 3.15. The van der Waals surface area contributed by atoms with Crippen molar-refractivity contribution in [3.63, 3.8) is 0 Å². The van der Waals surface area contributed by atoms with E-state index in [-0.39, 0.29) is 11.7 Å². The second-order valence-electron chi connectivity index (χ2n) is 6.05. The second kappa shape index (κ2) is 7.31. The fourth-order valence-corrected chi connectivity index (χ4v) is 3.15. The van der Waals surface area contributed by atoms with E-state index in [1.54, 1.807) is 12.4 Å². The van der Waals surface area contributed by atoms with Crippen LogP contribution in [0.3, 0.4) is 0 Å². The summed E-state index contributed by atoms with van der Waals surface area (Å²) in [5.41, 5.74) is 3.12. The average Bonchev–Trinajstić information content (AvgIpc) is 3.26. The Morgan fingerprint density at radius 2 is 1.56 bits per heavy atom. The van der Waals surface area contributed by atoms with Crippen LogP contribution in [-0.2, 0) is 17.9 Å². The van der Waals surface area contributed by atoms with Gasteiger partial charge in [0.15, 0.2) is 5.78 Å². The molecule has 6 nitrogen and oxygen atoms in total. The highest BCUT2D eigenvalue weighted by atomic mass is 16.1. The van der Waals surface area contributed by atoms with Gasteiger partial charge in [0.2, 0.25) is 0 Å². The van der Waals surface area contributed by atoms with Crippen LogP contribution < -0.4 is 0 Å². The molecule has 0 N–H and O–H groups in total. The second-order valence-corrected chi connectivity index (χ2v) is 6.05. The largest absolute Gasteiger partial charge is 0.289 e. The van der Waals surface area contributed by atoms with Crippen LogP contribution in [0.4, 0.5) is 0 Å². The van der Waals surface area contributed by atoms with Crippen molar-refractivity contribution in [1.82, 2.24) is 19.6 Å². The third-order valence-electron chi connectivity index (χ3n) is 4.44. The van der Waals surface area contributed by atoms with Crippen molar-refractivity contribution < 1.29 is 4.79 Å². The molecule has 25 heavy (non-hydrogen) atoms. The SMILES string of the molecule is CCn1nccc1C=C1CC(C#N)CC(=Cc2ccnn2CC)C1=O. The molecule has 0 aliphatic heterocycles. The molecule has 1 aliphatic rings. The topological polar surface area (TPSA) is 76.5 Å². The summed E-state index contributed by atoms with van der Waals surface area (Å²) < 4.78 is 3.68. The normalized spacial score (nSPS) is 21.0. The number of ketones is 1. The van der Waals surface area contributed by atoms with E-state index in [2.05, 4.69) is 16.3 Å². The monoisotopic (exact) mass is 335 g/mol. The Morgan fingerprint density at radius 1 is 1.08 bits per heavy atom. The maximum Gasteiger partial charge on any atom is 0.185 e. The number of allylic oxidation sites excluding steroid dienone is 2. The van der Waals surface area contributed by atoms with Crippen molar-refractivity contribution in [2.24, 2.45) is 5.92 Å². The summed E-state index contributed by atoms with van der Waals surface area (Å²) in [7, 11) is 0. The van der Waals surface area contributed by atoms with Gasteiger partial charge in [0, 0.05) is 36.6 Å². The van der Waals surface area contributed by atoms with E-state index < -0.39 is 0 Å². The maximum atomic E-state index is 12.9. The summed E-state index contributed by atoms with van der Waals surface area (Å²) in [6, 6.07) is 6.09. The summed E-state index contributed by atoms with van der Waals surface area (Å²) in [6.07, 6.45) is 8.15. The van der Waals surface area contributed by atoms with Gasteiger partial charge in [0.05, 0.1) is 23.4 Å². The van der Waals surface area contributed by atoms with Crippen LogP contribution in [0.1, 0.15) is 38.1 Å². The smallest absolute Gasteiger partial charge is 0.185 e. The van der Waals surface area contributed by atoms with Crippen molar-refractivity contribution in [3.05, 3.63) is 47.1 Å². The van der Waals surface area contributed by atoms with Crippen molar-refractivity contribution >= 4 is 17.9 Å². The number of hydrogen-bond donors (Lipinski definition) is 0. The van der Waals surface area contributed by atoms with Crippen molar-refractivity contribution in [2.75, 3.05) is 0 Å². The molecule has 0 atom stereocenters. The van der Waals surface area contributed by atoms with E-state index in [4.69, 9.17) is 0 Å². The summed E-state index contributed by atoms with van der Waals surface area (Å²) in [5, 5.41) is 17.9. The van der Waals surface area contributed by atoms with Crippen LogP contribution >= 0.6 is 0 Å². The number of nitrogens with zero attached hydrogens (tertiary/aromatic N) is 5. The lowest BCUT2D eigenvalue weighted by molar-refractivity contribution is -0.113. The first-order valence-electron chi connectivity index (χ1n) is 8.55. The zero-order chi connectivity index (χ0) is 17.8. The first kappa shape index (κ1) is 16.9. The number of hydrogen-bond acceptors (Lipinski definition) is 4. The van der Waals surface area contributed by atoms with Crippen LogP contribution in [-0.4, -0.2) is 25.3 Å². The molecule has 6 heteroatoms. The lowest BCUT2D eigenvalue weighted by Crippen LogP contribution is -2.19. The molecule has 2 heterocycles. The zero-order valence-electron chi connectivity index (χ0n) is 14.5. The number of carbonyl (C=O) groups is 1. The predicted octanol–water partition coefficient (Wildman–Crippen LogP) is 3.09. The van der Waals surface area contributed by atoms with Crippen LogP contribution in [0.25, 0.3) is 12.2 Å². The number of Topliss-reactive ketones (excluding diaryl/α,β-unsaturated/α-hetero) is 1. The number of aryl methyl sites for hydroxylation is 2. The highest BCUT2D eigenvalue weighted by Gasteiger charge is 2.28. The summed E-state index contributed by atoms with van der Waals surface area (Å²) in [4.78, 5) is 12.9. The molecule has 1 saturated carbocycles. The Kier molecular flexibility index (Phi) is 4.94. The minimum Gasteiger partial charge on any atom is -0.289 e. The molecular formula is C19H21N5O. The van der Waals surface area contributed by atoms with Gasteiger partial charge in [-0.2, -0.15) is 15.5 Å². The molecule has 0 radical (unpaired) electrons. The van der Waals surface area contributed by atoms with Gasteiger partial charge in [-0.3, -0.25) is 14.2 Å². The van der Waals surface area contributed by atoms with Gasteiger partial charge in [0.1, 0.15) is 0 Å². The van der Waals surface area contributed by atoms with E-state index in [0.717, 1.165) is 24.5 Å². The molecule has 3 rings (SSSR count). The minimum absolute atomic E-state index is 0.0132. The minimum atomic E-state index is -0.189. The standard InChI is InChI=1S/C19H21N5O/c1-3-23-17(5-7-21-23)11-15-9-14(13-20)10-16(19(15)25)12-18-6-8-22-24(18)4-2/h5-8,11-12,14H,3-4,9-10H2,1-2H3. The molecule has 1 fully saturated rings. The predicted molar refractivity (Wildman–Crippen MR) is 95.1 cm³/mol. The quantitative estimate of drug-likeness (QED) is 0.805. The van der Waals surface area contributed by atoms with Crippen LogP contribution in [0.15, 0.2) is 35.7 Å². The van der Waals surface area contributed by atoms with Gasteiger partial charge in [-0.05, 0) is 51.0 Å². The molecule has 2 aromatic rings. The van der Waals surface area contributed by atoms with Gasteiger partial charge in [0.25, 0.3) is 0 Å². The summed E-state index contributed by atoms with van der Waals surface area (Å²) >= 11 is 0. The molecule has 0 bridgehead atoms. The Hall–Kier alpha value is -2.94. The Morgan fingerprint density at radius 3 is 1.96 bits per heavy atom. The Labute approximate surface area is 147 Å². The van der Waals surface area contributed by atoms with Crippen LogP contribution in [0.2, 0.25) is 0 Å². The Bertz CT molecular complexity index is 814. The fraction of sp³-hybridized carbons (Fsp3) is 0.368. The van der Waals surface area contributed by atoms with Gasteiger partial charge >= 0.3 is 0 Å². The molecule has 0 saturated heterocycles. The molecule has 2 aromatic heterocycles. The number of carbonyl (C=O) groups excluding carboxylic acids is 1. The molecular weight excluding hydrogens is 314 g/mol. The van der Waals surface area contributed by atoms with Crippen LogP contribution in [0, 0.1) is 17.2 Å². The van der Waals surface area contributed by atoms with Crippen LogP contribution in [0.5, 0.6) is 0 Å². The highest BCUT2D eigenvalue weighted by molar-refractivity contribution is 6.14. The van der Waals surface area contributed by atoms with E-state index in [9.17, 15) is 10.1 Å². The molecule has 1 aliphatic carbocycles. The van der Waals surface area contributed by atoms with Gasteiger partial charge < -0.3 is 0 Å².